The maximum absolute atomic E-state index is 13.5. The summed E-state index contributed by atoms with van der Waals surface area (Å²) < 4.78 is 19.2. The van der Waals surface area contributed by atoms with E-state index in [1.165, 1.54) is 17.7 Å². The molecule has 1 amide bonds. The van der Waals surface area contributed by atoms with Gasteiger partial charge in [-0.3, -0.25) is 4.79 Å². The van der Waals surface area contributed by atoms with E-state index >= 15 is 0 Å². The fourth-order valence-electron chi connectivity index (χ4n) is 4.17. The molecule has 0 saturated carbocycles. The summed E-state index contributed by atoms with van der Waals surface area (Å²) in [5, 5.41) is 3.73. The first-order chi connectivity index (χ1) is 14.1. The lowest BCUT2D eigenvalue weighted by Crippen LogP contribution is -2.53. The lowest BCUT2D eigenvalue weighted by Gasteiger charge is -2.41. The first-order valence-electron chi connectivity index (χ1n) is 9.63. The van der Waals surface area contributed by atoms with Crippen molar-refractivity contribution in [2.45, 2.75) is 37.1 Å². The van der Waals surface area contributed by atoms with E-state index < -0.39 is 18.2 Å². The van der Waals surface area contributed by atoms with Crippen LogP contribution in [0.25, 0.3) is 10.4 Å². The average Bonchev–Trinajstić information content (AvgIpc) is 2.75. The molecule has 2 heterocycles. The van der Waals surface area contributed by atoms with Crippen LogP contribution in [0.3, 0.4) is 0 Å². The molecule has 8 heteroatoms. The molecule has 0 unspecified atom stereocenters. The number of azide groups is 1. The van der Waals surface area contributed by atoms with Gasteiger partial charge in [-0.2, -0.15) is 0 Å². The molecule has 0 aliphatic carbocycles. The minimum absolute atomic E-state index is 0.158. The maximum atomic E-state index is 13.5. The Labute approximate surface area is 167 Å². The van der Waals surface area contributed by atoms with E-state index in [1.54, 1.807) is 17.0 Å². The number of nitrogens with two attached hydrogens (primary N) is 1. The highest BCUT2D eigenvalue weighted by Crippen LogP contribution is 2.36. The van der Waals surface area contributed by atoms with Crippen LogP contribution in [0.15, 0.2) is 53.6 Å². The summed E-state index contributed by atoms with van der Waals surface area (Å²) in [6.07, 6.45) is 0.253. The largest absolute Gasteiger partial charge is 0.367 e. The van der Waals surface area contributed by atoms with Crippen molar-refractivity contribution < 1.29 is 13.9 Å². The van der Waals surface area contributed by atoms with E-state index in [0.717, 1.165) is 17.5 Å². The monoisotopic (exact) mass is 395 g/mol. The normalized spacial score (nSPS) is 26.3. The highest BCUT2D eigenvalue weighted by Gasteiger charge is 2.39. The molecular formula is C21H22FN5O2. The van der Waals surface area contributed by atoms with Crippen molar-refractivity contribution in [1.82, 2.24) is 4.90 Å². The third kappa shape index (κ3) is 3.82. The summed E-state index contributed by atoms with van der Waals surface area (Å²) in [7, 11) is 0. The zero-order valence-corrected chi connectivity index (χ0v) is 15.8. The van der Waals surface area contributed by atoms with Gasteiger partial charge in [0.05, 0.1) is 18.7 Å². The molecule has 2 aromatic rings. The Morgan fingerprint density at radius 2 is 2.00 bits per heavy atom. The quantitative estimate of drug-likeness (QED) is 0.490. The number of hydrogen-bond acceptors (Lipinski definition) is 4. The molecule has 0 aromatic heterocycles. The van der Waals surface area contributed by atoms with Gasteiger partial charge in [0.1, 0.15) is 11.9 Å². The number of ether oxygens (including phenoxy) is 1. The van der Waals surface area contributed by atoms with Gasteiger partial charge >= 0.3 is 0 Å². The average molecular weight is 395 g/mol. The second-order valence-corrected chi connectivity index (χ2v) is 7.43. The molecule has 150 valence electrons. The number of carbonyl (C=O) groups is 1. The fraction of sp³-hybridized carbons (Fsp3) is 0.381. The number of carbonyl (C=O) groups excluding carboxylic acids is 1. The molecule has 2 N–H and O–H groups in total. The van der Waals surface area contributed by atoms with Gasteiger partial charge in [0.15, 0.2) is 0 Å². The Morgan fingerprint density at radius 1 is 1.24 bits per heavy atom. The number of hydrogen-bond donors (Lipinski definition) is 1. The molecule has 29 heavy (non-hydrogen) atoms. The molecule has 0 bridgehead atoms. The van der Waals surface area contributed by atoms with Gasteiger partial charge in [-0.25, -0.2) is 4.39 Å². The summed E-state index contributed by atoms with van der Waals surface area (Å²) in [6, 6.07) is 13.0. The molecular weight excluding hydrogens is 373 g/mol. The van der Waals surface area contributed by atoms with Gasteiger partial charge in [0.2, 0.25) is 0 Å². The summed E-state index contributed by atoms with van der Waals surface area (Å²) in [5.74, 6) is -0.489. The predicted molar refractivity (Wildman–Crippen MR) is 105 cm³/mol. The minimum atomic E-state index is -0.724. The molecule has 7 nitrogen and oxygen atoms in total. The van der Waals surface area contributed by atoms with Crippen LogP contribution in [0.4, 0.5) is 4.39 Å². The number of nitrogens with zero attached hydrogens (tertiary/aromatic N) is 4. The minimum Gasteiger partial charge on any atom is -0.367 e. The van der Waals surface area contributed by atoms with Gasteiger partial charge in [0.25, 0.3) is 5.91 Å². The lowest BCUT2D eigenvalue weighted by molar-refractivity contribution is -0.149. The Kier molecular flexibility index (Phi) is 5.49. The zero-order valence-electron chi connectivity index (χ0n) is 15.8. The Balaban J connectivity index is 1.67. The first kappa shape index (κ1) is 19.4. The Bertz CT molecular complexity index is 944. The van der Waals surface area contributed by atoms with E-state index in [1.807, 2.05) is 18.2 Å². The molecule has 1 fully saturated rings. The molecule has 4 atom stereocenters. The van der Waals surface area contributed by atoms with Gasteiger partial charge in [0, 0.05) is 17.5 Å². The van der Waals surface area contributed by atoms with Crippen LogP contribution in [-0.2, 0) is 16.0 Å². The smallest absolute Gasteiger partial charge is 0.252 e. The van der Waals surface area contributed by atoms with E-state index in [9.17, 15) is 9.18 Å². The van der Waals surface area contributed by atoms with Crippen LogP contribution in [0.1, 0.15) is 29.2 Å². The van der Waals surface area contributed by atoms with Crippen LogP contribution in [0.2, 0.25) is 0 Å². The SMILES string of the molecule is [N-]=[N+]=N[C@H]1C[C@H](C(=O)N2CCc3ccccc3[C@@H]2c2ccc(F)cc2)OC[C@@H]1N. The van der Waals surface area contributed by atoms with Gasteiger partial charge < -0.3 is 15.4 Å². The van der Waals surface area contributed by atoms with Crippen molar-refractivity contribution >= 4 is 5.91 Å². The standard InChI is InChI=1S/C21H22FN5O2/c22-15-7-5-14(6-8-15)20-16-4-2-1-3-13(16)9-10-27(20)21(28)19-11-18(25-26-24)17(23)12-29-19/h1-8,17-20H,9-12,23H2/t17-,18-,19+,20-/m0/s1. The van der Waals surface area contributed by atoms with Crippen molar-refractivity contribution in [3.63, 3.8) is 0 Å². The number of halogens is 1. The van der Waals surface area contributed by atoms with E-state index in [2.05, 4.69) is 16.1 Å². The summed E-state index contributed by atoms with van der Waals surface area (Å²) in [5.41, 5.74) is 17.8. The second kappa shape index (κ2) is 8.21. The van der Waals surface area contributed by atoms with E-state index in [0.29, 0.717) is 6.54 Å². The summed E-state index contributed by atoms with van der Waals surface area (Å²) in [6.45, 7) is 0.682. The van der Waals surface area contributed by atoms with Gasteiger partial charge in [-0.05, 0) is 47.2 Å². The summed E-state index contributed by atoms with van der Waals surface area (Å²) >= 11 is 0. The molecule has 0 spiro atoms. The van der Waals surface area contributed by atoms with Crippen LogP contribution in [0, 0.1) is 5.82 Å². The molecule has 1 saturated heterocycles. The fourth-order valence-corrected chi connectivity index (χ4v) is 4.17. The van der Waals surface area contributed by atoms with Crippen molar-refractivity contribution in [2.24, 2.45) is 10.8 Å². The van der Waals surface area contributed by atoms with Crippen molar-refractivity contribution in [3.05, 3.63) is 81.5 Å². The highest BCUT2D eigenvalue weighted by atomic mass is 19.1. The first-order valence-corrected chi connectivity index (χ1v) is 9.63. The van der Waals surface area contributed by atoms with Crippen LogP contribution in [-0.4, -0.2) is 42.1 Å². The van der Waals surface area contributed by atoms with Crippen LogP contribution in [0.5, 0.6) is 0 Å². The molecule has 0 radical (unpaired) electrons. The maximum Gasteiger partial charge on any atom is 0.252 e. The van der Waals surface area contributed by atoms with Crippen molar-refractivity contribution in [3.8, 4) is 0 Å². The second-order valence-electron chi connectivity index (χ2n) is 7.43. The molecule has 2 aliphatic rings. The Morgan fingerprint density at radius 3 is 2.76 bits per heavy atom. The predicted octanol–water partition coefficient (Wildman–Crippen LogP) is 3.09. The molecule has 2 aliphatic heterocycles. The van der Waals surface area contributed by atoms with Crippen molar-refractivity contribution in [2.75, 3.05) is 13.2 Å². The third-order valence-corrected chi connectivity index (χ3v) is 5.67. The topological polar surface area (TPSA) is 104 Å². The number of rotatable bonds is 3. The van der Waals surface area contributed by atoms with Crippen molar-refractivity contribution in [1.29, 1.82) is 0 Å². The third-order valence-electron chi connectivity index (χ3n) is 5.67. The van der Waals surface area contributed by atoms with Gasteiger partial charge in [-0.15, -0.1) is 0 Å². The van der Waals surface area contributed by atoms with Crippen LogP contribution < -0.4 is 5.73 Å². The number of fused-ring (bicyclic) bond motifs is 1. The highest BCUT2D eigenvalue weighted by molar-refractivity contribution is 5.82. The summed E-state index contributed by atoms with van der Waals surface area (Å²) in [4.78, 5) is 18.0. The lowest BCUT2D eigenvalue weighted by atomic mass is 9.87. The van der Waals surface area contributed by atoms with E-state index in [-0.39, 0.29) is 30.8 Å². The molecule has 4 rings (SSSR count). The van der Waals surface area contributed by atoms with Crippen LogP contribution >= 0.6 is 0 Å². The van der Waals surface area contributed by atoms with E-state index in [4.69, 9.17) is 16.0 Å². The Hall–Kier alpha value is -2.93. The zero-order chi connectivity index (χ0) is 20.4. The number of benzene rings is 2. The van der Waals surface area contributed by atoms with Gasteiger partial charge in [-0.1, -0.05) is 41.5 Å². The molecule has 2 aromatic carbocycles. The number of amides is 1.